The van der Waals surface area contributed by atoms with Crippen LogP contribution >= 0.6 is 0 Å². The zero-order chi connectivity index (χ0) is 12.3. The van der Waals surface area contributed by atoms with E-state index in [9.17, 15) is 13.6 Å². The van der Waals surface area contributed by atoms with E-state index in [-0.39, 0.29) is 6.03 Å². The fraction of sp³-hybridized carbons (Fsp3) is 0.364. The van der Waals surface area contributed by atoms with Gasteiger partial charge in [-0.3, -0.25) is 0 Å². The first-order chi connectivity index (χ1) is 8.16. The van der Waals surface area contributed by atoms with Gasteiger partial charge >= 0.3 is 6.03 Å². The van der Waals surface area contributed by atoms with Gasteiger partial charge in [-0.2, -0.15) is 0 Å². The smallest absolute Gasteiger partial charge is 0.317 e. The maximum atomic E-state index is 12.9. The number of benzene rings is 1. The van der Waals surface area contributed by atoms with Crippen molar-refractivity contribution in [3.63, 3.8) is 0 Å². The van der Waals surface area contributed by atoms with E-state index in [2.05, 4.69) is 10.6 Å². The van der Waals surface area contributed by atoms with Crippen molar-refractivity contribution in [3.05, 3.63) is 29.8 Å². The van der Waals surface area contributed by atoms with Gasteiger partial charge in [0, 0.05) is 31.9 Å². The lowest BCUT2D eigenvalue weighted by molar-refractivity contribution is 0.219. The van der Waals surface area contributed by atoms with Crippen LogP contribution in [0.5, 0.6) is 0 Å². The van der Waals surface area contributed by atoms with Gasteiger partial charge in [-0.1, -0.05) is 0 Å². The van der Waals surface area contributed by atoms with E-state index in [1.165, 1.54) is 6.07 Å². The standard InChI is InChI=1S/C11H13F2N3O/c12-9-2-1-8(7-10(9)13)14-3-5-16-6-4-15-11(16)17/h1-2,7,14H,3-6H2,(H,15,17). The molecule has 1 aromatic rings. The van der Waals surface area contributed by atoms with Crippen molar-refractivity contribution in [1.29, 1.82) is 0 Å². The molecule has 2 rings (SSSR count). The van der Waals surface area contributed by atoms with Crippen molar-refractivity contribution >= 4 is 11.7 Å². The summed E-state index contributed by atoms with van der Waals surface area (Å²) in [5.74, 6) is -1.75. The summed E-state index contributed by atoms with van der Waals surface area (Å²) >= 11 is 0. The van der Waals surface area contributed by atoms with E-state index in [0.29, 0.717) is 31.9 Å². The molecule has 0 unspecified atom stereocenters. The summed E-state index contributed by atoms with van der Waals surface area (Å²) in [6.07, 6.45) is 0. The number of nitrogens with zero attached hydrogens (tertiary/aromatic N) is 1. The van der Waals surface area contributed by atoms with Gasteiger partial charge in [-0.25, -0.2) is 13.6 Å². The molecule has 4 nitrogen and oxygen atoms in total. The molecule has 0 bridgehead atoms. The highest BCUT2D eigenvalue weighted by Crippen LogP contribution is 2.12. The monoisotopic (exact) mass is 241 g/mol. The van der Waals surface area contributed by atoms with Crippen LogP contribution in [0.3, 0.4) is 0 Å². The number of hydrogen-bond acceptors (Lipinski definition) is 2. The molecular formula is C11H13F2N3O. The molecule has 0 saturated carbocycles. The average molecular weight is 241 g/mol. The molecule has 1 aliphatic rings. The largest absolute Gasteiger partial charge is 0.383 e. The Hall–Kier alpha value is -1.85. The predicted molar refractivity (Wildman–Crippen MR) is 59.8 cm³/mol. The summed E-state index contributed by atoms with van der Waals surface area (Å²) in [5.41, 5.74) is 0.503. The summed E-state index contributed by atoms with van der Waals surface area (Å²) in [6, 6.07) is 3.54. The fourth-order valence-electron chi connectivity index (χ4n) is 1.67. The summed E-state index contributed by atoms with van der Waals surface area (Å²) < 4.78 is 25.5. The molecule has 92 valence electrons. The third-order valence-electron chi connectivity index (χ3n) is 2.58. The van der Waals surface area contributed by atoms with Gasteiger partial charge in [0.25, 0.3) is 0 Å². The molecule has 0 aliphatic carbocycles. The number of halogens is 2. The first kappa shape index (κ1) is 11.6. The van der Waals surface area contributed by atoms with Crippen molar-refractivity contribution in [2.75, 3.05) is 31.5 Å². The molecule has 0 aromatic heterocycles. The highest BCUT2D eigenvalue weighted by Gasteiger charge is 2.18. The SMILES string of the molecule is O=C1NCCN1CCNc1ccc(F)c(F)c1. The number of anilines is 1. The maximum Gasteiger partial charge on any atom is 0.317 e. The van der Waals surface area contributed by atoms with Gasteiger partial charge in [0.1, 0.15) is 0 Å². The molecule has 1 heterocycles. The van der Waals surface area contributed by atoms with Gasteiger partial charge in [-0.15, -0.1) is 0 Å². The van der Waals surface area contributed by atoms with Gasteiger partial charge < -0.3 is 15.5 Å². The molecule has 1 aromatic carbocycles. The van der Waals surface area contributed by atoms with E-state index in [1.54, 1.807) is 4.90 Å². The third kappa shape index (κ3) is 2.83. The number of rotatable bonds is 4. The van der Waals surface area contributed by atoms with Crippen LogP contribution in [0.25, 0.3) is 0 Å². The van der Waals surface area contributed by atoms with Crippen LogP contribution < -0.4 is 10.6 Å². The molecule has 2 N–H and O–H groups in total. The summed E-state index contributed by atoms with van der Waals surface area (Å²) in [4.78, 5) is 12.9. The first-order valence-corrected chi connectivity index (χ1v) is 5.38. The zero-order valence-corrected chi connectivity index (χ0v) is 9.17. The summed E-state index contributed by atoms with van der Waals surface area (Å²) in [6.45, 7) is 2.37. The highest BCUT2D eigenvalue weighted by atomic mass is 19.2. The van der Waals surface area contributed by atoms with Crippen LogP contribution in [0.15, 0.2) is 18.2 Å². The Balaban J connectivity index is 1.81. The lowest BCUT2D eigenvalue weighted by Crippen LogP contribution is -2.32. The molecule has 1 fully saturated rings. The van der Waals surface area contributed by atoms with Crippen molar-refractivity contribution < 1.29 is 13.6 Å². The van der Waals surface area contributed by atoms with Crippen molar-refractivity contribution in [3.8, 4) is 0 Å². The Morgan fingerprint density at radius 2 is 2.18 bits per heavy atom. The third-order valence-corrected chi connectivity index (χ3v) is 2.58. The molecule has 0 atom stereocenters. The Labute approximate surface area is 97.6 Å². The molecular weight excluding hydrogens is 228 g/mol. The van der Waals surface area contributed by atoms with Crippen LogP contribution in [0.2, 0.25) is 0 Å². The number of amides is 2. The average Bonchev–Trinajstić information content (AvgIpc) is 2.70. The van der Waals surface area contributed by atoms with E-state index >= 15 is 0 Å². The molecule has 17 heavy (non-hydrogen) atoms. The lowest BCUT2D eigenvalue weighted by Gasteiger charge is -2.14. The van der Waals surface area contributed by atoms with Crippen LogP contribution in [0.4, 0.5) is 19.3 Å². The van der Waals surface area contributed by atoms with Gasteiger partial charge in [0.2, 0.25) is 0 Å². The molecule has 1 saturated heterocycles. The van der Waals surface area contributed by atoms with Crippen LogP contribution in [-0.4, -0.2) is 37.1 Å². The molecule has 0 spiro atoms. The Morgan fingerprint density at radius 3 is 2.82 bits per heavy atom. The number of hydrogen-bond donors (Lipinski definition) is 2. The van der Waals surface area contributed by atoms with Crippen LogP contribution in [0.1, 0.15) is 0 Å². The summed E-state index contributed by atoms with van der Waals surface area (Å²) in [7, 11) is 0. The summed E-state index contributed by atoms with van der Waals surface area (Å²) in [5, 5.41) is 5.62. The van der Waals surface area contributed by atoms with E-state index in [1.807, 2.05) is 0 Å². The second-order valence-electron chi connectivity index (χ2n) is 3.77. The molecule has 1 aliphatic heterocycles. The highest BCUT2D eigenvalue weighted by molar-refractivity contribution is 5.76. The number of urea groups is 1. The molecule has 0 radical (unpaired) electrons. The van der Waals surface area contributed by atoms with Crippen molar-refractivity contribution in [2.45, 2.75) is 0 Å². The minimum Gasteiger partial charge on any atom is -0.383 e. The Kier molecular flexibility index (Phi) is 3.41. The van der Waals surface area contributed by atoms with Gasteiger partial charge in [-0.05, 0) is 18.2 Å². The normalized spacial score (nSPS) is 14.9. The first-order valence-electron chi connectivity index (χ1n) is 5.38. The van der Waals surface area contributed by atoms with Crippen LogP contribution in [0, 0.1) is 11.6 Å². The van der Waals surface area contributed by atoms with Crippen molar-refractivity contribution in [2.24, 2.45) is 0 Å². The number of carbonyl (C=O) groups excluding carboxylic acids is 1. The Bertz CT molecular complexity index is 425. The number of carbonyl (C=O) groups is 1. The molecule has 6 heteroatoms. The van der Waals surface area contributed by atoms with E-state index in [4.69, 9.17) is 0 Å². The second-order valence-corrected chi connectivity index (χ2v) is 3.77. The van der Waals surface area contributed by atoms with Gasteiger partial charge in [0.05, 0.1) is 0 Å². The Morgan fingerprint density at radius 1 is 1.35 bits per heavy atom. The van der Waals surface area contributed by atoms with E-state index < -0.39 is 11.6 Å². The van der Waals surface area contributed by atoms with Gasteiger partial charge in [0.15, 0.2) is 11.6 Å². The van der Waals surface area contributed by atoms with Crippen molar-refractivity contribution in [1.82, 2.24) is 10.2 Å². The zero-order valence-electron chi connectivity index (χ0n) is 9.17. The number of nitrogens with one attached hydrogen (secondary N) is 2. The minimum atomic E-state index is -0.881. The second kappa shape index (κ2) is 4.99. The quantitative estimate of drug-likeness (QED) is 0.837. The fourth-order valence-corrected chi connectivity index (χ4v) is 1.67. The van der Waals surface area contributed by atoms with Crippen LogP contribution in [-0.2, 0) is 0 Å². The lowest BCUT2D eigenvalue weighted by atomic mass is 10.3. The van der Waals surface area contributed by atoms with E-state index in [0.717, 1.165) is 12.1 Å². The maximum absolute atomic E-state index is 12.9. The minimum absolute atomic E-state index is 0.0860. The molecule has 2 amide bonds. The predicted octanol–water partition coefficient (Wildman–Crippen LogP) is 1.40. The topological polar surface area (TPSA) is 44.4 Å².